The van der Waals surface area contributed by atoms with Gasteiger partial charge in [-0.2, -0.15) is 0 Å². The Morgan fingerprint density at radius 1 is 1.41 bits per heavy atom. The number of para-hydroxylation sites is 1. The summed E-state index contributed by atoms with van der Waals surface area (Å²) in [6.07, 6.45) is 1.85. The summed E-state index contributed by atoms with van der Waals surface area (Å²) in [4.78, 5) is 0. The second-order valence-corrected chi connectivity index (χ2v) is 4.43. The summed E-state index contributed by atoms with van der Waals surface area (Å²) in [5.41, 5.74) is 3.11. The third-order valence-corrected chi connectivity index (χ3v) is 3.06. The van der Waals surface area contributed by atoms with Crippen LogP contribution in [0.15, 0.2) is 24.4 Å². The van der Waals surface area contributed by atoms with Crippen LogP contribution >= 0.6 is 15.9 Å². The minimum atomic E-state index is 0.443. The summed E-state index contributed by atoms with van der Waals surface area (Å²) in [6, 6.07) is 6.12. The predicted octanol–water partition coefficient (Wildman–Crippen LogP) is 2.60. The highest BCUT2D eigenvalue weighted by Crippen LogP contribution is 2.26. The maximum Gasteiger partial charge on any atom is 0.134 e. The van der Waals surface area contributed by atoms with E-state index < -0.39 is 0 Å². The van der Waals surface area contributed by atoms with E-state index in [1.165, 1.54) is 0 Å². The van der Waals surface area contributed by atoms with Crippen LogP contribution in [0, 0.1) is 6.92 Å². The van der Waals surface area contributed by atoms with Gasteiger partial charge in [0, 0.05) is 17.9 Å². The molecule has 0 atom stereocenters. The summed E-state index contributed by atoms with van der Waals surface area (Å²) in [5.74, 6) is 0.926. The first-order chi connectivity index (χ1) is 8.20. The van der Waals surface area contributed by atoms with E-state index in [2.05, 4.69) is 26.2 Å². The average molecular weight is 296 g/mol. The van der Waals surface area contributed by atoms with Crippen LogP contribution in [0.2, 0.25) is 0 Å². The van der Waals surface area contributed by atoms with E-state index in [4.69, 9.17) is 4.74 Å². The molecule has 0 N–H and O–H groups in total. The lowest BCUT2D eigenvalue weighted by Gasteiger charge is -2.11. The maximum atomic E-state index is 5.81. The molecule has 0 amide bonds. The van der Waals surface area contributed by atoms with Crippen molar-refractivity contribution in [3.8, 4) is 5.75 Å². The zero-order chi connectivity index (χ0) is 12.3. The van der Waals surface area contributed by atoms with Crippen LogP contribution in [0.4, 0.5) is 0 Å². The van der Waals surface area contributed by atoms with E-state index in [-0.39, 0.29) is 0 Å². The Kier molecular flexibility index (Phi) is 3.78. The fourth-order valence-corrected chi connectivity index (χ4v) is 2.07. The number of aromatic nitrogens is 3. The van der Waals surface area contributed by atoms with Gasteiger partial charge in [-0.1, -0.05) is 39.3 Å². The standard InChI is InChI=1S/C12H14BrN3O/c1-9-4-3-5-10(6-13)12(9)17-8-11-7-16(2)15-14-11/h3-5,7H,6,8H2,1-2H3. The van der Waals surface area contributed by atoms with E-state index in [1.54, 1.807) is 4.68 Å². The Morgan fingerprint density at radius 3 is 2.88 bits per heavy atom. The van der Waals surface area contributed by atoms with Crippen LogP contribution in [0.5, 0.6) is 5.75 Å². The van der Waals surface area contributed by atoms with Gasteiger partial charge in [-0.25, -0.2) is 0 Å². The molecule has 0 bridgehead atoms. The molecule has 0 spiro atoms. The third kappa shape index (κ3) is 2.85. The van der Waals surface area contributed by atoms with Crippen molar-refractivity contribution in [1.29, 1.82) is 0 Å². The molecular formula is C12H14BrN3O. The lowest BCUT2D eigenvalue weighted by molar-refractivity contribution is 0.297. The number of halogens is 1. The first kappa shape index (κ1) is 12.1. The van der Waals surface area contributed by atoms with E-state index >= 15 is 0 Å². The molecule has 0 fully saturated rings. The highest BCUT2D eigenvalue weighted by Gasteiger charge is 2.07. The molecule has 0 unspecified atom stereocenters. The molecule has 4 nitrogen and oxygen atoms in total. The molecule has 0 radical (unpaired) electrons. The Labute approximate surface area is 109 Å². The van der Waals surface area contributed by atoms with Gasteiger partial charge in [0.2, 0.25) is 0 Å². The predicted molar refractivity (Wildman–Crippen MR) is 69.1 cm³/mol. The van der Waals surface area contributed by atoms with E-state index in [9.17, 15) is 0 Å². The van der Waals surface area contributed by atoms with Gasteiger partial charge in [0.1, 0.15) is 18.1 Å². The van der Waals surface area contributed by atoms with Gasteiger partial charge in [0.05, 0.1) is 6.20 Å². The summed E-state index contributed by atoms with van der Waals surface area (Å²) in [7, 11) is 1.84. The number of hydrogen-bond acceptors (Lipinski definition) is 3. The second kappa shape index (κ2) is 5.31. The molecule has 90 valence electrons. The SMILES string of the molecule is Cc1cccc(CBr)c1OCc1cn(C)nn1. The molecule has 1 heterocycles. The lowest BCUT2D eigenvalue weighted by Crippen LogP contribution is -2.00. The van der Waals surface area contributed by atoms with Crippen molar-refractivity contribution in [2.24, 2.45) is 7.05 Å². The fraction of sp³-hybridized carbons (Fsp3) is 0.333. The molecule has 1 aromatic carbocycles. The zero-order valence-electron chi connectivity index (χ0n) is 9.85. The zero-order valence-corrected chi connectivity index (χ0v) is 11.4. The Balaban J connectivity index is 2.13. The molecule has 0 aliphatic carbocycles. The van der Waals surface area contributed by atoms with Crippen molar-refractivity contribution < 1.29 is 4.74 Å². The Bertz CT molecular complexity index is 510. The highest BCUT2D eigenvalue weighted by molar-refractivity contribution is 9.08. The van der Waals surface area contributed by atoms with Crippen LogP contribution in [0.1, 0.15) is 16.8 Å². The average Bonchev–Trinajstić information content (AvgIpc) is 2.73. The number of rotatable bonds is 4. The van der Waals surface area contributed by atoms with Gasteiger partial charge in [0.25, 0.3) is 0 Å². The highest BCUT2D eigenvalue weighted by atomic mass is 79.9. The van der Waals surface area contributed by atoms with Crippen molar-refractivity contribution in [2.45, 2.75) is 18.9 Å². The smallest absolute Gasteiger partial charge is 0.134 e. The molecule has 2 aromatic rings. The van der Waals surface area contributed by atoms with Crippen molar-refractivity contribution in [2.75, 3.05) is 0 Å². The summed E-state index contributed by atoms with van der Waals surface area (Å²) >= 11 is 3.46. The number of alkyl halides is 1. The summed E-state index contributed by atoms with van der Waals surface area (Å²) < 4.78 is 7.48. The van der Waals surface area contributed by atoms with Crippen LogP contribution in [0.3, 0.4) is 0 Å². The fourth-order valence-electron chi connectivity index (χ4n) is 1.63. The molecule has 17 heavy (non-hydrogen) atoms. The van der Waals surface area contributed by atoms with E-state index in [0.717, 1.165) is 27.9 Å². The number of hydrogen-bond donors (Lipinski definition) is 0. The first-order valence-corrected chi connectivity index (χ1v) is 6.45. The normalized spacial score (nSPS) is 10.5. The van der Waals surface area contributed by atoms with Crippen LogP contribution < -0.4 is 4.74 Å². The quantitative estimate of drug-likeness (QED) is 0.814. The molecule has 5 heteroatoms. The lowest BCUT2D eigenvalue weighted by atomic mass is 10.1. The number of ether oxygens (including phenoxy) is 1. The molecule has 2 rings (SSSR count). The third-order valence-electron chi connectivity index (χ3n) is 2.45. The van der Waals surface area contributed by atoms with E-state index in [0.29, 0.717) is 6.61 Å². The van der Waals surface area contributed by atoms with Gasteiger partial charge in [-0.05, 0) is 12.5 Å². The summed E-state index contributed by atoms with van der Waals surface area (Å²) in [6.45, 7) is 2.48. The minimum absolute atomic E-state index is 0.443. The number of aryl methyl sites for hydroxylation is 2. The largest absolute Gasteiger partial charge is 0.487 e. The van der Waals surface area contributed by atoms with Gasteiger partial charge >= 0.3 is 0 Å². The van der Waals surface area contributed by atoms with Crippen LogP contribution in [-0.2, 0) is 19.0 Å². The van der Waals surface area contributed by atoms with Gasteiger partial charge in [-0.3, -0.25) is 4.68 Å². The molecule has 0 aliphatic rings. The van der Waals surface area contributed by atoms with Crippen molar-refractivity contribution in [1.82, 2.24) is 15.0 Å². The summed E-state index contributed by atoms with van der Waals surface area (Å²) in [5, 5.41) is 8.65. The van der Waals surface area contributed by atoms with Crippen molar-refractivity contribution >= 4 is 15.9 Å². The molecule has 0 aliphatic heterocycles. The van der Waals surface area contributed by atoms with Gasteiger partial charge in [-0.15, -0.1) is 5.10 Å². The second-order valence-electron chi connectivity index (χ2n) is 3.87. The molecule has 1 aromatic heterocycles. The maximum absolute atomic E-state index is 5.81. The van der Waals surface area contributed by atoms with Crippen molar-refractivity contribution in [3.63, 3.8) is 0 Å². The Morgan fingerprint density at radius 2 is 2.24 bits per heavy atom. The molecular weight excluding hydrogens is 282 g/mol. The topological polar surface area (TPSA) is 39.9 Å². The van der Waals surface area contributed by atoms with Crippen molar-refractivity contribution in [3.05, 3.63) is 41.2 Å². The van der Waals surface area contributed by atoms with E-state index in [1.807, 2.05) is 38.4 Å². The monoisotopic (exact) mass is 295 g/mol. The van der Waals surface area contributed by atoms with Gasteiger partial charge < -0.3 is 4.74 Å². The van der Waals surface area contributed by atoms with Crippen LogP contribution in [0.25, 0.3) is 0 Å². The number of benzene rings is 1. The molecule has 0 saturated heterocycles. The number of nitrogens with zero attached hydrogens (tertiary/aromatic N) is 3. The minimum Gasteiger partial charge on any atom is -0.487 e. The first-order valence-electron chi connectivity index (χ1n) is 5.33. The van der Waals surface area contributed by atoms with Crippen LogP contribution in [-0.4, -0.2) is 15.0 Å². The van der Waals surface area contributed by atoms with Gasteiger partial charge in [0.15, 0.2) is 0 Å². The molecule has 0 saturated carbocycles. The Hall–Kier alpha value is -1.36.